The van der Waals surface area contributed by atoms with Gasteiger partial charge in [0.15, 0.2) is 0 Å². The minimum absolute atomic E-state index is 0.123. The van der Waals surface area contributed by atoms with Crippen molar-refractivity contribution >= 4 is 56.4 Å². The Labute approximate surface area is 108 Å². The van der Waals surface area contributed by atoms with Crippen LogP contribution in [0.4, 0.5) is 5.69 Å². The van der Waals surface area contributed by atoms with Crippen LogP contribution in [0.5, 0.6) is 5.75 Å². The number of rotatable bonds is 2. The number of ether oxygens (including phenoxy) is 1. The highest BCUT2D eigenvalue weighted by Crippen LogP contribution is 2.40. The lowest BCUT2D eigenvalue weighted by Crippen LogP contribution is -2.14. The summed E-state index contributed by atoms with van der Waals surface area (Å²) in [6.07, 6.45) is 0. The van der Waals surface area contributed by atoms with Crippen molar-refractivity contribution < 1.29 is 9.66 Å². The van der Waals surface area contributed by atoms with Crippen molar-refractivity contribution in [1.82, 2.24) is 0 Å². The topological polar surface area (TPSA) is 52.4 Å². The van der Waals surface area contributed by atoms with Gasteiger partial charge in [0.2, 0.25) is 5.75 Å². The summed E-state index contributed by atoms with van der Waals surface area (Å²) < 4.78 is 3.12. The quantitative estimate of drug-likeness (QED) is 0.465. The molecule has 1 aromatic rings. The highest BCUT2D eigenvalue weighted by Gasteiger charge is 2.28. The highest BCUT2D eigenvalue weighted by atomic mass is 79.9. The smallest absolute Gasteiger partial charge is 0.339 e. The summed E-state index contributed by atoms with van der Waals surface area (Å²) in [7, 11) is 0. The molecule has 0 aliphatic rings. The van der Waals surface area contributed by atoms with Gasteiger partial charge in [-0.25, -0.2) is 0 Å². The van der Waals surface area contributed by atoms with Gasteiger partial charge in [-0.05, 0) is 56.8 Å². The van der Waals surface area contributed by atoms with Crippen LogP contribution in [0.1, 0.15) is 0 Å². The number of nitrogens with zero attached hydrogens (tertiary/aromatic N) is 1. The fourth-order valence-electron chi connectivity index (χ4n) is 0.858. The molecule has 0 bridgehead atoms. The molecule has 1 aromatic carbocycles. The number of halogens is 4. The van der Waals surface area contributed by atoms with Crippen molar-refractivity contribution in [1.29, 1.82) is 0 Å². The minimum atomic E-state index is -2.05. The first-order chi connectivity index (χ1) is 6.81. The van der Waals surface area contributed by atoms with Gasteiger partial charge >= 0.3 is 9.67 Å². The molecule has 15 heavy (non-hydrogen) atoms. The van der Waals surface area contributed by atoms with Crippen molar-refractivity contribution in [3.8, 4) is 5.75 Å². The van der Waals surface area contributed by atoms with Gasteiger partial charge in [0, 0.05) is 6.07 Å². The van der Waals surface area contributed by atoms with E-state index in [1.807, 2.05) is 0 Å². The molecule has 0 atom stereocenters. The van der Waals surface area contributed by atoms with E-state index in [0.29, 0.717) is 4.47 Å². The van der Waals surface area contributed by atoms with Crippen LogP contribution in [0.15, 0.2) is 22.7 Å². The molecule has 0 saturated carbocycles. The third-order valence-corrected chi connectivity index (χ3v) is 2.22. The summed E-state index contributed by atoms with van der Waals surface area (Å²) in [6, 6.07) is 4.27. The minimum Gasteiger partial charge on any atom is -0.437 e. The molecule has 1 rings (SSSR count). The number of hydrogen-bond donors (Lipinski definition) is 0. The fraction of sp³-hybridized carbons (Fsp3) is 0.143. The Morgan fingerprint density at radius 3 is 2.47 bits per heavy atom. The van der Waals surface area contributed by atoms with Crippen LogP contribution in [0.2, 0.25) is 0 Å². The average Bonchev–Trinajstić information content (AvgIpc) is 2.05. The number of nitro benzene ring substituents is 1. The number of alkyl halides is 3. The summed E-state index contributed by atoms with van der Waals surface area (Å²) in [4.78, 5) is 10.0. The second-order valence-electron chi connectivity index (χ2n) is 2.39. The van der Waals surface area contributed by atoms with Crippen molar-refractivity contribution in [3.05, 3.63) is 32.8 Å². The lowest BCUT2D eigenvalue weighted by atomic mass is 10.3. The Morgan fingerprint density at radius 1 is 1.40 bits per heavy atom. The van der Waals surface area contributed by atoms with Gasteiger partial charge in [-0.15, -0.1) is 0 Å². The maximum absolute atomic E-state index is 10.6. The van der Waals surface area contributed by atoms with Crippen LogP contribution in [0.3, 0.4) is 0 Å². The van der Waals surface area contributed by atoms with E-state index < -0.39 is 8.90 Å². The first-order valence-corrected chi connectivity index (χ1v) is 5.42. The van der Waals surface area contributed by atoms with E-state index in [1.165, 1.54) is 12.1 Å². The molecule has 8 heteroatoms. The van der Waals surface area contributed by atoms with E-state index in [2.05, 4.69) is 15.9 Å². The molecule has 0 aromatic heterocycles. The molecule has 0 saturated heterocycles. The van der Waals surface area contributed by atoms with Crippen LogP contribution >= 0.6 is 50.7 Å². The molecule has 0 amide bonds. The summed E-state index contributed by atoms with van der Waals surface area (Å²) in [5, 5.41) is 10.6. The third kappa shape index (κ3) is 3.68. The van der Waals surface area contributed by atoms with Gasteiger partial charge in [-0.1, -0.05) is 6.07 Å². The second-order valence-corrected chi connectivity index (χ2v) is 5.42. The van der Waals surface area contributed by atoms with Crippen LogP contribution in [-0.2, 0) is 0 Å². The largest absolute Gasteiger partial charge is 0.437 e. The molecule has 0 heterocycles. The van der Waals surface area contributed by atoms with Crippen LogP contribution in [-0.4, -0.2) is 8.90 Å². The molecule has 4 nitrogen and oxygen atoms in total. The molecule has 0 fully saturated rings. The van der Waals surface area contributed by atoms with Crippen LogP contribution in [0.25, 0.3) is 0 Å². The lowest BCUT2D eigenvalue weighted by molar-refractivity contribution is -0.386. The Morgan fingerprint density at radius 2 is 2.00 bits per heavy atom. The summed E-state index contributed by atoms with van der Waals surface area (Å²) >= 11 is 19.2. The van der Waals surface area contributed by atoms with E-state index in [1.54, 1.807) is 6.07 Å². The zero-order valence-electron chi connectivity index (χ0n) is 6.92. The SMILES string of the molecule is O=[N+]([O-])c1cccc(Br)c1OC(Cl)(Cl)Cl. The van der Waals surface area contributed by atoms with Gasteiger partial charge in [0.25, 0.3) is 0 Å². The predicted octanol–water partition coefficient (Wildman–Crippen LogP) is 4.06. The molecular weight excluding hydrogens is 332 g/mol. The molecule has 82 valence electrons. The van der Waals surface area contributed by atoms with Crippen molar-refractivity contribution in [3.63, 3.8) is 0 Å². The first kappa shape index (κ1) is 12.8. The standard InChI is InChI=1S/C7H3BrCl3NO3/c8-4-2-1-3-5(12(13)14)6(4)15-7(9,10)11/h1-3H. The fourth-order valence-corrected chi connectivity index (χ4v) is 1.53. The Hall–Kier alpha value is -0.230. The molecular formula is C7H3BrCl3NO3. The zero-order chi connectivity index (χ0) is 11.6. The van der Waals surface area contributed by atoms with Gasteiger partial charge < -0.3 is 4.74 Å². The van der Waals surface area contributed by atoms with Gasteiger partial charge in [0.1, 0.15) is 0 Å². The molecule has 0 unspecified atom stereocenters. The maximum Gasteiger partial charge on any atom is 0.339 e. The number of hydrogen-bond acceptors (Lipinski definition) is 3. The average molecular weight is 335 g/mol. The van der Waals surface area contributed by atoms with Gasteiger partial charge in [-0.3, -0.25) is 10.1 Å². The van der Waals surface area contributed by atoms with E-state index >= 15 is 0 Å². The molecule has 0 radical (unpaired) electrons. The summed E-state index contributed by atoms with van der Waals surface area (Å²) in [5.41, 5.74) is -0.282. The number of nitro groups is 1. The Bertz CT molecular complexity index is 394. The predicted molar refractivity (Wildman–Crippen MR) is 61.7 cm³/mol. The monoisotopic (exact) mass is 333 g/mol. The number of para-hydroxylation sites is 1. The van der Waals surface area contributed by atoms with Crippen molar-refractivity contribution in [2.45, 2.75) is 3.98 Å². The van der Waals surface area contributed by atoms with E-state index in [-0.39, 0.29) is 11.4 Å². The maximum atomic E-state index is 10.6. The van der Waals surface area contributed by atoms with Gasteiger partial charge in [-0.2, -0.15) is 0 Å². The van der Waals surface area contributed by atoms with E-state index in [0.717, 1.165) is 0 Å². The number of benzene rings is 1. The Kier molecular flexibility index (Phi) is 4.06. The normalized spacial score (nSPS) is 11.2. The highest BCUT2D eigenvalue weighted by molar-refractivity contribution is 9.10. The van der Waals surface area contributed by atoms with E-state index in [9.17, 15) is 10.1 Å². The summed E-state index contributed by atoms with van der Waals surface area (Å²) in [5.74, 6) is -0.123. The Balaban J connectivity index is 3.19. The molecule has 0 aliphatic carbocycles. The molecule has 0 N–H and O–H groups in total. The summed E-state index contributed by atoms with van der Waals surface area (Å²) in [6.45, 7) is 0. The van der Waals surface area contributed by atoms with Crippen LogP contribution in [0, 0.1) is 10.1 Å². The second kappa shape index (κ2) is 4.74. The zero-order valence-corrected chi connectivity index (χ0v) is 10.8. The molecule has 0 spiro atoms. The lowest BCUT2D eigenvalue weighted by Gasteiger charge is -2.14. The first-order valence-electron chi connectivity index (χ1n) is 3.50. The van der Waals surface area contributed by atoms with Gasteiger partial charge in [0.05, 0.1) is 9.40 Å². The van der Waals surface area contributed by atoms with Crippen molar-refractivity contribution in [2.24, 2.45) is 0 Å². The van der Waals surface area contributed by atoms with Crippen LogP contribution < -0.4 is 4.74 Å². The van der Waals surface area contributed by atoms with Crippen molar-refractivity contribution in [2.75, 3.05) is 0 Å². The third-order valence-electron chi connectivity index (χ3n) is 1.36. The van der Waals surface area contributed by atoms with E-state index in [4.69, 9.17) is 39.5 Å². The molecule has 0 aliphatic heterocycles.